The largest absolute Gasteiger partial charge is 0.476 e. The molecule has 4 aromatic carbocycles. The van der Waals surface area contributed by atoms with Crippen LogP contribution < -0.4 is 9.64 Å². The summed E-state index contributed by atoms with van der Waals surface area (Å²) in [6.07, 6.45) is 0.750. The highest BCUT2D eigenvalue weighted by Gasteiger charge is 2.41. The van der Waals surface area contributed by atoms with Gasteiger partial charge in [0.1, 0.15) is 5.75 Å². The molecule has 0 radical (unpaired) electrons. The summed E-state index contributed by atoms with van der Waals surface area (Å²) in [6, 6.07) is 35.5. The lowest BCUT2D eigenvalue weighted by atomic mass is 10.0. The van der Waals surface area contributed by atoms with Gasteiger partial charge in [0.25, 0.3) is 11.8 Å². The quantitative estimate of drug-likeness (QED) is 0.284. The Morgan fingerprint density at radius 3 is 2.00 bits per heavy atom. The maximum Gasteiger partial charge on any atom is 0.271 e. The van der Waals surface area contributed by atoms with Gasteiger partial charge < -0.3 is 14.5 Å². The van der Waals surface area contributed by atoms with Crippen LogP contribution in [0.15, 0.2) is 109 Å². The summed E-state index contributed by atoms with van der Waals surface area (Å²) >= 11 is 0. The van der Waals surface area contributed by atoms with E-state index in [2.05, 4.69) is 12.1 Å². The van der Waals surface area contributed by atoms with Crippen molar-refractivity contribution in [2.24, 2.45) is 0 Å². The highest BCUT2D eigenvalue weighted by molar-refractivity contribution is 6.04. The lowest BCUT2D eigenvalue weighted by Gasteiger charge is -2.39. The van der Waals surface area contributed by atoms with Crippen LogP contribution in [0.3, 0.4) is 0 Å². The lowest BCUT2D eigenvalue weighted by molar-refractivity contribution is -0.132. The van der Waals surface area contributed by atoms with Crippen LogP contribution in [0.25, 0.3) is 0 Å². The average Bonchev–Trinajstić information content (AvgIpc) is 2.94. The highest BCUT2D eigenvalue weighted by Crippen LogP contribution is 2.39. The Hall–Kier alpha value is -4.38. The Balaban J connectivity index is 1.46. The van der Waals surface area contributed by atoms with Crippen molar-refractivity contribution in [2.45, 2.75) is 39.0 Å². The zero-order valence-corrected chi connectivity index (χ0v) is 21.8. The third-order valence-electron chi connectivity index (χ3n) is 6.82. The number of fused-ring (bicyclic) bond motifs is 1. The summed E-state index contributed by atoms with van der Waals surface area (Å²) in [5.74, 6) is 0.383. The van der Waals surface area contributed by atoms with Crippen molar-refractivity contribution < 1.29 is 14.3 Å². The minimum absolute atomic E-state index is 0.0791. The van der Waals surface area contributed by atoms with Gasteiger partial charge in [-0.2, -0.15) is 0 Å². The van der Waals surface area contributed by atoms with Crippen LogP contribution in [0, 0.1) is 0 Å². The van der Waals surface area contributed by atoms with Gasteiger partial charge >= 0.3 is 0 Å². The summed E-state index contributed by atoms with van der Waals surface area (Å²) in [5.41, 5.74) is 3.41. The normalized spacial score (nSPS) is 13.9. The van der Waals surface area contributed by atoms with E-state index in [4.69, 9.17) is 4.74 Å². The molecule has 0 saturated heterocycles. The zero-order chi connectivity index (χ0) is 26.5. The van der Waals surface area contributed by atoms with Crippen LogP contribution in [0.4, 0.5) is 5.69 Å². The first kappa shape index (κ1) is 25.3. The van der Waals surface area contributed by atoms with Gasteiger partial charge in [-0.15, -0.1) is 0 Å². The van der Waals surface area contributed by atoms with Gasteiger partial charge in [0, 0.05) is 18.7 Å². The van der Waals surface area contributed by atoms with E-state index in [1.807, 2.05) is 89.8 Å². The van der Waals surface area contributed by atoms with Gasteiger partial charge in [-0.1, -0.05) is 91.0 Å². The van der Waals surface area contributed by atoms with Crippen molar-refractivity contribution in [1.29, 1.82) is 0 Å². The Kier molecular flexibility index (Phi) is 7.27. The SMILES string of the molecule is CC1(C)Oc2ccc(C(=O)N(CCc3ccccc3)Cc3ccccc3)cc2N(Cc2ccccc2)C1=O. The smallest absolute Gasteiger partial charge is 0.271 e. The first-order valence-corrected chi connectivity index (χ1v) is 13.0. The highest BCUT2D eigenvalue weighted by atomic mass is 16.5. The van der Waals surface area contributed by atoms with E-state index >= 15 is 0 Å². The monoisotopic (exact) mass is 504 g/mol. The van der Waals surface area contributed by atoms with Crippen LogP contribution in [-0.4, -0.2) is 28.9 Å². The number of hydrogen-bond donors (Lipinski definition) is 0. The molecule has 38 heavy (non-hydrogen) atoms. The van der Waals surface area contributed by atoms with Gasteiger partial charge in [-0.3, -0.25) is 9.59 Å². The molecule has 5 nitrogen and oxygen atoms in total. The van der Waals surface area contributed by atoms with Crippen LogP contribution in [0.1, 0.15) is 40.9 Å². The molecule has 0 aromatic heterocycles. The van der Waals surface area contributed by atoms with E-state index in [0.29, 0.717) is 36.6 Å². The second-order valence-electron chi connectivity index (χ2n) is 10.1. The van der Waals surface area contributed by atoms with E-state index in [1.165, 1.54) is 5.56 Å². The molecule has 192 valence electrons. The molecular formula is C33H32N2O3. The van der Waals surface area contributed by atoms with Gasteiger partial charge in [0.05, 0.1) is 12.2 Å². The summed E-state index contributed by atoms with van der Waals surface area (Å²) in [4.78, 5) is 31.0. The molecule has 0 saturated carbocycles. The first-order chi connectivity index (χ1) is 18.4. The predicted molar refractivity (Wildman–Crippen MR) is 150 cm³/mol. The minimum Gasteiger partial charge on any atom is -0.476 e. The van der Waals surface area contributed by atoms with Gasteiger partial charge in [0.2, 0.25) is 0 Å². The number of ether oxygens (including phenoxy) is 1. The number of rotatable bonds is 8. The van der Waals surface area contributed by atoms with Crippen LogP contribution in [0.2, 0.25) is 0 Å². The van der Waals surface area contributed by atoms with Crippen LogP contribution in [0.5, 0.6) is 5.75 Å². The fourth-order valence-electron chi connectivity index (χ4n) is 4.77. The number of carbonyl (C=O) groups is 2. The fourth-order valence-corrected chi connectivity index (χ4v) is 4.77. The Morgan fingerprint density at radius 1 is 0.789 bits per heavy atom. The standard InChI is InChI=1S/C33H32N2O3/c1-33(2)32(37)35(24-27-16-10-5-11-17-27)29-22-28(18-19-30(29)38-33)31(36)34(23-26-14-8-4-9-15-26)21-20-25-12-6-3-7-13-25/h3-19,22H,20-21,23-24H2,1-2H3. The summed E-state index contributed by atoms with van der Waals surface area (Å²) in [6.45, 7) is 5.03. The molecule has 5 rings (SSSR count). The third kappa shape index (κ3) is 5.62. The Morgan fingerprint density at radius 2 is 1.37 bits per heavy atom. The molecule has 0 N–H and O–H groups in total. The topological polar surface area (TPSA) is 49.9 Å². The maximum atomic E-state index is 13.9. The van der Waals surface area contributed by atoms with Gasteiger partial charge in [-0.25, -0.2) is 0 Å². The Bertz CT molecular complexity index is 1400. The van der Waals surface area contributed by atoms with Crippen molar-refractivity contribution in [2.75, 3.05) is 11.4 Å². The molecule has 0 unspecified atom stereocenters. The third-order valence-corrected chi connectivity index (χ3v) is 6.82. The zero-order valence-electron chi connectivity index (χ0n) is 21.8. The van der Waals surface area contributed by atoms with E-state index in [1.54, 1.807) is 30.9 Å². The molecule has 0 bridgehead atoms. The van der Waals surface area contributed by atoms with Crippen molar-refractivity contribution in [3.8, 4) is 5.75 Å². The molecule has 5 heteroatoms. The summed E-state index contributed by atoms with van der Waals surface area (Å²) in [5, 5.41) is 0. The summed E-state index contributed by atoms with van der Waals surface area (Å²) in [7, 11) is 0. The molecule has 0 atom stereocenters. The molecule has 1 aliphatic rings. The predicted octanol–water partition coefficient (Wildman–Crippen LogP) is 6.28. The van der Waals surface area contributed by atoms with E-state index in [0.717, 1.165) is 17.5 Å². The van der Waals surface area contributed by atoms with E-state index in [9.17, 15) is 9.59 Å². The molecule has 1 heterocycles. The van der Waals surface area contributed by atoms with Crippen molar-refractivity contribution in [1.82, 2.24) is 4.90 Å². The first-order valence-electron chi connectivity index (χ1n) is 13.0. The number of benzene rings is 4. The van der Waals surface area contributed by atoms with E-state index < -0.39 is 5.60 Å². The van der Waals surface area contributed by atoms with Crippen LogP contribution in [-0.2, 0) is 24.3 Å². The van der Waals surface area contributed by atoms with Crippen molar-refractivity contribution in [3.05, 3.63) is 131 Å². The molecule has 0 fully saturated rings. The van der Waals surface area contributed by atoms with Crippen molar-refractivity contribution in [3.63, 3.8) is 0 Å². The average molecular weight is 505 g/mol. The number of nitrogens with zero attached hydrogens (tertiary/aromatic N) is 2. The molecule has 0 aliphatic carbocycles. The van der Waals surface area contributed by atoms with E-state index in [-0.39, 0.29) is 11.8 Å². The lowest BCUT2D eigenvalue weighted by Crippen LogP contribution is -2.52. The second kappa shape index (κ2) is 10.9. The fraction of sp³-hybridized carbons (Fsp3) is 0.212. The number of carbonyl (C=O) groups excluding carboxylic acids is 2. The minimum atomic E-state index is -0.998. The number of amides is 2. The molecule has 4 aromatic rings. The second-order valence-corrected chi connectivity index (χ2v) is 10.1. The number of anilines is 1. The molecule has 2 amide bonds. The molecular weight excluding hydrogens is 472 g/mol. The maximum absolute atomic E-state index is 13.9. The number of hydrogen-bond acceptors (Lipinski definition) is 3. The van der Waals surface area contributed by atoms with Crippen LogP contribution >= 0.6 is 0 Å². The molecule has 0 spiro atoms. The Labute approximate surface area is 224 Å². The van der Waals surface area contributed by atoms with Crippen molar-refractivity contribution >= 4 is 17.5 Å². The molecule has 1 aliphatic heterocycles. The van der Waals surface area contributed by atoms with Gasteiger partial charge in [0.15, 0.2) is 5.60 Å². The summed E-state index contributed by atoms with van der Waals surface area (Å²) < 4.78 is 6.08. The van der Waals surface area contributed by atoms with Gasteiger partial charge in [-0.05, 0) is 55.2 Å².